The van der Waals surface area contributed by atoms with Crippen LogP contribution in [0.5, 0.6) is 0 Å². The van der Waals surface area contributed by atoms with Crippen LogP contribution < -0.4 is 5.32 Å². The van der Waals surface area contributed by atoms with E-state index in [0.29, 0.717) is 5.57 Å². The van der Waals surface area contributed by atoms with Crippen molar-refractivity contribution in [1.29, 1.82) is 0 Å². The fraction of sp³-hybridized carbons (Fsp3) is 0.400. The summed E-state index contributed by atoms with van der Waals surface area (Å²) in [6.45, 7) is 2.27. The van der Waals surface area contributed by atoms with Gasteiger partial charge in [0.05, 0.1) is 12.6 Å². The Morgan fingerprint density at radius 2 is 2.21 bits per heavy atom. The molecule has 0 spiro atoms. The van der Waals surface area contributed by atoms with E-state index in [1.807, 2.05) is 12.2 Å². The number of rotatable bonds is 4. The molecule has 0 bridgehead atoms. The van der Waals surface area contributed by atoms with E-state index in [4.69, 9.17) is 0 Å². The molecule has 100 valence electrons. The number of amides is 1. The number of hydrogen-bond acceptors (Lipinski definition) is 2. The maximum atomic E-state index is 13.8. The molecule has 3 rings (SSSR count). The summed E-state index contributed by atoms with van der Waals surface area (Å²) < 4.78 is 13.8. The van der Waals surface area contributed by atoms with E-state index in [1.165, 1.54) is 25.0 Å². The highest BCUT2D eigenvalue weighted by Gasteiger charge is 2.37. The monoisotopic (exact) mass is 261 g/mol. The van der Waals surface area contributed by atoms with Gasteiger partial charge in [-0.3, -0.25) is 4.79 Å². The molecule has 3 aliphatic rings. The Morgan fingerprint density at radius 1 is 1.47 bits per heavy atom. The van der Waals surface area contributed by atoms with E-state index in [-0.39, 0.29) is 5.91 Å². The molecule has 1 atom stereocenters. The third-order valence-electron chi connectivity index (χ3n) is 3.83. The Balaban J connectivity index is 1.80. The minimum atomic E-state index is -1.66. The van der Waals surface area contributed by atoms with Crippen LogP contribution in [0.15, 0.2) is 46.1 Å². The second-order valence-corrected chi connectivity index (χ2v) is 5.67. The number of hydrogen-bond donors (Lipinski definition) is 2. The molecular formula is C15H16FNO2. The summed E-state index contributed by atoms with van der Waals surface area (Å²) in [6.07, 6.45) is 6.74. The first-order valence-electron chi connectivity index (χ1n) is 6.39. The van der Waals surface area contributed by atoms with Gasteiger partial charge in [0.1, 0.15) is 5.67 Å². The molecule has 1 saturated carbocycles. The highest BCUT2D eigenvalue weighted by Crippen LogP contribution is 2.51. The molecule has 0 heterocycles. The van der Waals surface area contributed by atoms with Crippen molar-refractivity contribution in [2.45, 2.75) is 32.0 Å². The smallest absolute Gasteiger partial charge is 0.252 e. The summed E-state index contributed by atoms with van der Waals surface area (Å²) in [5, 5.41) is 11.7. The van der Waals surface area contributed by atoms with Gasteiger partial charge in [-0.25, -0.2) is 4.39 Å². The van der Waals surface area contributed by atoms with Gasteiger partial charge in [0, 0.05) is 5.57 Å². The summed E-state index contributed by atoms with van der Waals surface area (Å²) in [7, 11) is 0. The van der Waals surface area contributed by atoms with Gasteiger partial charge in [0.25, 0.3) is 5.91 Å². The van der Waals surface area contributed by atoms with Crippen molar-refractivity contribution in [3.63, 3.8) is 0 Å². The van der Waals surface area contributed by atoms with Crippen molar-refractivity contribution >= 4 is 5.91 Å². The standard InChI is InChI=1S/C15H16FNO2/c1-15(2,16)13(7-18)17-14(19)10-4-3-9-11-5-8(11)6-12(9)10/h3-4,6,13,18H,5,7H2,1-2H3,(H,17,19)/t13-/m0/s1. The van der Waals surface area contributed by atoms with E-state index in [1.54, 1.807) is 6.08 Å². The Labute approximate surface area is 111 Å². The zero-order chi connectivity index (χ0) is 13.8. The van der Waals surface area contributed by atoms with Crippen molar-refractivity contribution in [3.05, 3.63) is 46.1 Å². The van der Waals surface area contributed by atoms with Crippen LogP contribution in [-0.4, -0.2) is 29.3 Å². The van der Waals surface area contributed by atoms with Crippen LogP contribution >= 0.6 is 0 Å². The Kier molecular flexibility index (Phi) is 2.54. The summed E-state index contributed by atoms with van der Waals surface area (Å²) in [5.41, 5.74) is 3.57. The second kappa shape index (κ2) is 3.90. The normalized spacial score (nSPS) is 21.4. The molecule has 0 aromatic carbocycles. The largest absolute Gasteiger partial charge is 0.394 e. The fourth-order valence-corrected chi connectivity index (χ4v) is 2.51. The highest BCUT2D eigenvalue weighted by molar-refractivity contribution is 6.02. The average Bonchev–Trinajstić information content (AvgIpc) is 2.82. The summed E-state index contributed by atoms with van der Waals surface area (Å²) in [5.74, 6) is -0.329. The number of fused-ring (bicyclic) bond motifs is 2. The lowest BCUT2D eigenvalue weighted by Gasteiger charge is -2.26. The molecule has 19 heavy (non-hydrogen) atoms. The number of halogens is 1. The van der Waals surface area contributed by atoms with Gasteiger partial charge >= 0.3 is 0 Å². The van der Waals surface area contributed by atoms with E-state index in [0.717, 1.165) is 17.6 Å². The van der Waals surface area contributed by atoms with Crippen LogP contribution in [-0.2, 0) is 4.79 Å². The Hall–Kier alpha value is -1.68. The Morgan fingerprint density at radius 3 is 2.84 bits per heavy atom. The van der Waals surface area contributed by atoms with Crippen molar-refractivity contribution < 1.29 is 14.3 Å². The van der Waals surface area contributed by atoms with Gasteiger partial charge in [-0.15, -0.1) is 0 Å². The van der Waals surface area contributed by atoms with E-state index in [9.17, 15) is 14.3 Å². The van der Waals surface area contributed by atoms with Gasteiger partial charge in [0.2, 0.25) is 0 Å². The summed E-state index contributed by atoms with van der Waals surface area (Å²) in [4.78, 5) is 12.2. The molecule has 0 saturated heterocycles. The van der Waals surface area contributed by atoms with Crippen molar-refractivity contribution in [1.82, 2.24) is 5.32 Å². The Bertz CT molecular complexity index is 588. The molecule has 0 unspecified atom stereocenters. The molecule has 0 aromatic rings. The molecule has 1 amide bonds. The van der Waals surface area contributed by atoms with Crippen LogP contribution in [0.1, 0.15) is 20.3 Å². The van der Waals surface area contributed by atoms with E-state index in [2.05, 4.69) is 5.32 Å². The van der Waals surface area contributed by atoms with E-state index >= 15 is 0 Å². The fourth-order valence-electron chi connectivity index (χ4n) is 2.51. The second-order valence-electron chi connectivity index (χ2n) is 5.67. The number of carbonyl (C=O) groups is 1. The van der Waals surface area contributed by atoms with Crippen molar-refractivity contribution in [3.8, 4) is 0 Å². The predicted octanol–water partition coefficient (Wildman–Crippen LogP) is 1.72. The molecular weight excluding hydrogens is 245 g/mol. The molecule has 3 nitrogen and oxygen atoms in total. The minimum Gasteiger partial charge on any atom is -0.394 e. The maximum Gasteiger partial charge on any atom is 0.252 e. The van der Waals surface area contributed by atoms with Crippen LogP contribution in [0.3, 0.4) is 0 Å². The molecule has 2 N–H and O–H groups in total. The lowest BCUT2D eigenvalue weighted by Crippen LogP contribution is -2.49. The summed E-state index contributed by atoms with van der Waals surface area (Å²) >= 11 is 0. The first-order valence-corrected chi connectivity index (χ1v) is 6.39. The van der Waals surface area contributed by atoms with Gasteiger partial charge in [0.15, 0.2) is 0 Å². The van der Waals surface area contributed by atoms with Crippen LogP contribution in [0.25, 0.3) is 0 Å². The first kappa shape index (κ1) is 12.4. The maximum absolute atomic E-state index is 13.8. The number of aliphatic hydroxyl groups is 1. The molecule has 4 heteroatoms. The van der Waals surface area contributed by atoms with Crippen LogP contribution in [0.2, 0.25) is 0 Å². The molecule has 3 aliphatic carbocycles. The lowest BCUT2D eigenvalue weighted by atomic mass is 10.0. The minimum absolute atomic E-state index is 0.329. The van der Waals surface area contributed by atoms with Crippen LogP contribution in [0, 0.1) is 0 Å². The first-order chi connectivity index (χ1) is 8.91. The average molecular weight is 261 g/mol. The number of aliphatic hydroxyl groups excluding tert-OH is 1. The topological polar surface area (TPSA) is 49.3 Å². The van der Waals surface area contributed by atoms with Gasteiger partial charge in [-0.2, -0.15) is 0 Å². The summed E-state index contributed by atoms with van der Waals surface area (Å²) in [6, 6.07) is -0.901. The van der Waals surface area contributed by atoms with Crippen molar-refractivity contribution in [2.75, 3.05) is 6.61 Å². The zero-order valence-corrected chi connectivity index (χ0v) is 11.0. The zero-order valence-electron chi connectivity index (χ0n) is 11.0. The number of nitrogens with one attached hydrogen (secondary N) is 1. The molecule has 1 fully saturated rings. The van der Waals surface area contributed by atoms with E-state index < -0.39 is 18.3 Å². The van der Waals surface area contributed by atoms with Gasteiger partial charge < -0.3 is 10.4 Å². The van der Waals surface area contributed by atoms with Crippen molar-refractivity contribution in [2.24, 2.45) is 0 Å². The third-order valence-corrected chi connectivity index (χ3v) is 3.83. The third kappa shape index (κ3) is 1.96. The van der Waals surface area contributed by atoms with Crippen LogP contribution in [0.4, 0.5) is 4.39 Å². The lowest BCUT2D eigenvalue weighted by molar-refractivity contribution is -0.119. The SMILES string of the molecule is CC(C)(F)[C@H](CO)NC(=O)C1=C2C=C3CC3=C2C=C1. The number of alkyl halides is 1. The number of carbonyl (C=O) groups excluding carboxylic acids is 1. The predicted molar refractivity (Wildman–Crippen MR) is 70.1 cm³/mol. The van der Waals surface area contributed by atoms with Gasteiger partial charge in [-0.1, -0.05) is 6.08 Å². The van der Waals surface area contributed by atoms with Gasteiger partial charge in [-0.05, 0) is 54.7 Å². The number of allylic oxidation sites excluding steroid dienone is 6. The molecule has 0 aromatic heterocycles. The molecule has 0 radical (unpaired) electrons. The molecule has 0 aliphatic heterocycles. The highest BCUT2D eigenvalue weighted by atomic mass is 19.1. The quantitative estimate of drug-likeness (QED) is 0.809.